The molecule has 2 heterocycles. The lowest BCUT2D eigenvalue weighted by Crippen LogP contribution is -2.45. The molecule has 0 radical (unpaired) electrons. The number of hydrogen-bond donors (Lipinski definition) is 2. The third-order valence-electron chi connectivity index (χ3n) is 4.47. The van der Waals surface area contributed by atoms with Crippen LogP contribution in [0.3, 0.4) is 0 Å². The molecule has 1 atom stereocenters. The Morgan fingerprint density at radius 2 is 2.00 bits per heavy atom. The van der Waals surface area contributed by atoms with Crippen LogP contribution in [-0.2, 0) is 9.53 Å². The van der Waals surface area contributed by atoms with E-state index in [0.29, 0.717) is 0 Å². The fraction of sp³-hybridized carbons (Fsp3) is 0.882. The molecule has 2 rings (SSSR count). The molecule has 146 valence electrons. The van der Waals surface area contributed by atoms with E-state index in [2.05, 4.69) is 27.4 Å². The SMILES string of the molecule is CCNC(=NCCN1CCOCC1)NC1CCN(C(=O)C(C)C)C1.I. The number of nitrogens with zero attached hydrogens (tertiary/aromatic N) is 3. The molecule has 0 aromatic heterocycles. The minimum atomic E-state index is 0. The molecule has 1 unspecified atom stereocenters. The van der Waals surface area contributed by atoms with Crippen molar-refractivity contribution in [3.05, 3.63) is 0 Å². The highest BCUT2D eigenvalue weighted by atomic mass is 127. The topological polar surface area (TPSA) is 69.2 Å². The average molecular weight is 467 g/mol. The number of carbonyl (C=O) groups excluding carboxylic acids is 1. The summed E-state index contributed by atoms with van der Waals surface area (Å²) in [4.78, 5) is 21.1. The summed E-state index contributed by atoms with van der Waals surface area (Å²) in [6, 6.07) is 0.286. The molecule has 0 spiro atoms. The van der Waals surface area contributed by atoms with Crippen LogP contribution in [0.25, 0.3) is 0 Å². The summed E-state index contributed by atoms with van der Waals surface area (Å²) >= 11 is 0. The van der Waals surface area contributed by atoms with Gasteiger partial charge in [0.25, 0.3) is 0 Å². The zero-order valence-electron chi connectivity index (χ0n) is 15.8. The fourth-order valence-corrected chi connectivity index (χ4v) is 3.08. The fourth-order valence-electron chi connectivity index (χ4n) is 3.08. The van der Waals surface area contributed by atoms with Gasteiger partial charge in [0.05, 0.1) is 19.8 Å². The van der Waals surface area contributed by atoms with E-state index in [-0.39, 0.29) is 41.8 Å². The smallest absolute Gasteiger partial charge is 0.225 e. The highest BCUT2D eigenvalue weighted by molar-refractivity contribution is 14.0. The van der Waals surface area contributed by atoms with Crippen molar-refractivity contribution in [2.75, 3.05) is 59.0 Å². The summed E-state index contributed by atoms with van der Waals surface area (Å²) in [6.45, 7) is 13.8. The van der Waals surface area contributed by atoms with Crippen molar-refractivity contribution in [1.82, 2.24) is 20.4 Å². The van der Waals surface area contributed by atoms with Crippen LogP contribution in [0.4, 0.5) is 0 Å². The van der Waals surface area contributed by atoms with E-state index in [4.69, 9.17) is 4.74 Å². The van der Waals surface area contributed by atoms with Gasteiger partial charge < -0.3 is 20.3 Å². The molecule has 0 aromatic carbocycles. The van der Waals surface area contributed by atoms with Gasteiger partial charge in [0.2, 0.25) is 5.91 Å². The number of nitrogens with one attached hydrogen (secondary N) is 2. The minimum Gasteiger partial charge on any atom is -0.379 e. The van der Waals surface area contributed by atoms with Crippen molar-refractivity contribution in [2.45, 2.75) is 33.2 Å². The molecular weight excluding hydrogens is 433 g/mol. The lowest BCUT2D eigenvalue weighted by molar-refractivity contribution is -0.133. The predicted molar refractivity (Wildman–Crippen MR) is 112 cm³/mol. The Hall–Kier alpha value is -0.610. The maximum atomic E-state index is 12.1. The molecule has 7 nitrogen and oxygen atoms in total. The number of rotatable bonds is 6. The van der Waals surface area contributed by atoms with Gasteiger partial charge in [-0.15, -0.1) is 24.0 Å². The van der Waals surface area contributed by atoms with Crippen molar-refractivity contribution >= 4 is 35.8 Å². The lowest BCUT2D eigenvalue weighted by Gasteiger charge is -2.26. The van der Waals surface area contributed by atoms with Crippen LogP contribution in [0.1, 0.15) is 27.2 Å². The van der Waals surface area contributed by atoms with Gasteiger partial charge in [-0.2, -0.15) is 0 Å². The van der Waals surface area contributed by atoms with Gasteiger partial charge >= 0.3 is 0 Å². The van der Waals surface area contributed by atoms with Crippen molar-refractivity contribution in [1.29, 1.82) is 0 Å². The van der Waals surface area contributed by atoms with Crippen molar-refractivity contribution < 1.29 is 9.53 Å². The van der Waals surface area contributed by atoms with Gasteiger partial charge in [-0.3, -0.25) is 14.7 Å². The van der Waals surface area contributed by atoms with Crippen LogP contribution in [0.5, 0.6) is 0 Å². The largest absolute Gasteiger partial charge is 0.379 e. The molecule has 8 heteroatoms. The Kier molecular flexibility index (Phi) is 10.7. The summed E-state index contributed by atoms with van der Waals surface area (Å²) in [7, 11) is 0. The monoisotopic (exact) mass is 467 g/mol. The molecule has 2 fully saturated rings. The number of halogens is 1. The first-order chi connectivity index (χ1) is 11.6. The number of morpholine rings is 1. The van der Waals surface area contributed by atoms with Crippen LogP contribution >= 0.6 is 24.0 Å². The number of amides is 1. The second kappa shape index (κ2) is 11.9. The lowest BCUT2D eigenvalue weighted by atomic mass is 10.2. The van der Waals surface area contributed by atoms with E-state index < -0.39 is 0 Å². The predicted octanol–water partition coefficient (Wildman–Crippen LogP) is 0.749. The highest BCUT2D eigenvalue weighted by Gasteiger charge is 2.27. The molecular formula is C17H34IN5O2. The van der Waals surface area contributed by atoms with Gasteiger partial charge in [-0.05, 0) is 13.3 Å². The molecule has 25 heavy (non-hydrogen) atoms. The number of guanidine groups is 1. The van der Waals surface area contributed by atoms with E-state index in [1.807, 2.05) is 18.7 Å². The molecule has 2 aliphatic rings. The highest BCUT2D eigenvalue weighted by Crippen LogP contribution is 2.12. The maximum absolute atomic E-state index is 12.1. The van der Waals surface area contributed by atoms with Crippen LogP contribution in [0.15, 0.2) is 4.99 Å². The summed E-state index contributed by atoms with van der Waals surface area (Å²) in [5.41, 5.74) is 0. The van der Waals surface area contributed by atoms with E-state index in [1.54, 1.807) is 0 Å². The zero-order chi connectivity index (χ0) is 17.4. The van der Waals surface area contributed by atoms with Gasteiger partial charge in [0, 0.05) is 51.2 Å². The third-order valence-corrected chi connectivity index (χ3v) is 4.47. The first-order valence-electron chi connectivity index (χ1n) is 9.24. The molecule has 1 amide bonds. The van der Waals surface area contributed by atoms with Crippen molar-refractivity contribution in [2.24, 2.45) is 10.9 Å². The average Bonchev–Trinajstić information content (AvgIpc) is 3.03. The Balaban J connectivity index is 0.00000312. The zero-order valence-corrected chi connectivity index (χ0v) is 18.1. The summed E-state index contributed by atoms with van der Waals surface area (Å²) in [6.07, 6.45) is 0.979. The third kappa shape index (κ3) is 7.65. The van der Waals surface area contributed by atoms with E-state index in [9.17, 15) is 4.79 Å². The number of aliphatic imine (C=N–C) groups is 1. The molecule has 0 bridgehead atoms. The normalized spacial score (nSPS) is 22.0. The Morgan fingerprint density at radius 3 is 2.64 bits per heavy atom. The number of carbonyl (C=O) groups is 1. The Bertz CT molecular complexity index is 427. The van der Waals surface area contributed by atoms with Crippen LogP contribution < -0.4 is 10.6 Å². The van der Waals surface area contributed by atoms with Crippen LogP contribution in [-0.4, -0.2) is 86.7 Å². The first kappa shape index (κ1) is 22.4. The summed E-state index contributed by atoms with van der Waals surface area (Å²) < 4.78 is 5.37. The summed E-state index contributed by atoms with van der Waals surface area (Å²) in [5.74, 6) is 1.17. The quantitative estimate of drug-likeness (QED) is 0.343. The summed E-state index contributed by atoms with van der Waals surface area (Å²) in [5, 5.41) is 6.79. The molecule has 0 saturated carbocycles. The number of likely N-dealkylation sites (tertiary alicyclic amines) is 1. The molecule has 2 N–H and O–H groups in total. The van der Waals surface area contributed by atoms with Crippen molar-refractivity contribution in [3.63, 3.8) is 0 Å². The van der Waals surface area contributed by atoms with Gasteiger partial charge in [0.1, 0.15) is 0 Å². The van der Waals surface area contributed by atoms with Crippen LogP contribution in [0.2, 0.25) is 0 Å². The second-order valence-electron chi connectivity index (χ2n) is 6.78. The van der Waals surface area contributed by atoms with Gasteiger partial charge in [-0.25, -0.2) is 0 Å². The second-order valence-corrected chi connectivity index (χ2v) is 6.78. The van der Waals surface area contributed by atoms with E-state index in [0.717, 1.165) is 71.4 Å². The van der Waals surface area contributed by atoms with Crippen molar-refractivity contribution in [3.8, 4) is 0 Å². The Labute approximate surface area is 169 Å². The van der Waals surface area contributed by atoms with E-state index in [1.165, 1.54) is 0 Å². The van der Waals surface area contributed by atoms with Crippen LogP contribution in [0, 0.1) is 5.92 Å². The number of hydrogen-bond acceptors (Lipinski definition) is 4. The number of ether oxygens (including phenoxy) is 1. The maximum Gasteiger partial charge on any atom is 0.225 e. The standard InChI is InChI=1S/C17H33N5O2.HI/c1-4-18-17(19-6-8-21-9-11-24-12-10-21)20-15-5-7-22(13-15)16(23)14(2)3;/h14-15H,4-13H2,1-3H3,(H2,18,19,20);1H. The molecule has 2 aliphatic heterocycles. The van der Waals surface area contributed by atoms with Gasteiger partial charge in [-0.1, -0.05) is 13.8 Å². The van der Waals surface area contributed by atoms with Gasteiger partial charge in [0.15, 0.2) is 5.96 Å². The molecule has 2 saturated heterocycles. The minimum absolute atomic E-state index is 0. The Morgan fingerprint density at radius 1 is 1.28 bits per heavy atom. The molecule has 0 aromatic rings. The first-order valence-corrected chi connectivity index (χ1v) is 9.24. The molecule has 0 aliphatic carbocycles. The van der Waals surface area contributed by atoms with E-state index >= 15 is 0 Å².